The van der Waals surface area contributed by atoms with Crippen LogP contribution in [0.2, 0.25) is 0 Å². The minimum atomic E-state index is -1.50. The van der Waals surface area contributed by atoms with Crippen molar-refractivity contribution in [2.24, 2.45) is 0 Å². The maximum atomic E-state index is 10.0. The summed E-state index contributed by atoms with van der Waals surface area (Å²) in [5.41, 5.74) is 0.733. The summed E-state index contributed by atoms with van der Waals surface area (Å²) in [6.07, 6.45) is -6.57. The van der Waals surface area contributed by atoms with E-state index in [-0.39, 0.29) is 11.9 Å². The number of rotatable bonds is 4. The Kier molecular flexibility index (Phi) is 4.55. The molecule has 0 radical (unpaired) electrons. The van der Waals surface area contributed by atoms with Crippen molar-refractivity contribution < 1.29 is 29.6 Å². The van der Waals surface area contributed by atoms with E-state index in [1.54, 1.807) is 12.1 Å². The topological polar surface area (TPSA) is 141 Å². The largest absolute Gasteiger partial charge is 0.405 e. The third kappa shape index (κ3) is 3.19. The average Bonchev–Trinajstić information content (AvgIpc) is 3.02. The summed E-state index contributed by atoms with van der Waals surface area (Å²) in [7, 11) is 0. The molecule has 9 heteroatoms. The van der Waals surface area contributed by atoms with E-state index in [0.717, 1.165) is 5.69 Å². The van der Waals surface area contributed by atoms with Gasteiger partial charge in [0.05, 0.1) is 6.61 Å². The predicted octanol–water partition coefficient (Wildman–Crippen LogP) is -0.672. The molecule has 0 aliphatic carbocycles. The Labute approximate surface area is 131 Å². The van der Waals surface area contributed by atoms with Gasteiger partial charge in [-0.1, -0.05) is 23.3 Å². The summed E-state index contributed by atoms with van der Waals surface area (Å²) in [5, 5.41) is 49.2. The van der Waals surface area contributed by atoms with Gasteiger partial charge >= 0.3 is 6.01 Å². The molecule has 3 rings (SSSR count). The molecule has 2 aromatic rings. The number of benzene rings is 1. The molecule has 5 atom stereocenters. The molecule has 2 heterocycles. The molecule has 1 aliphatic rings. The van der Waals surface area contributed by atoms with Crippen LogP contribution in [0.3, 0.4) is 0 Å². The number of aliphatic hydroxyl groups is 4. The molecule has 0 amide bonds. The smallest absolute Gasteiger partial charge is 0.320 e. The number of para-hydroxylation sites is 1. The van der Waals surface area contributed by atoms with E-state index < -0.39 is 37.1 Å². The van der Waals surface area contributed by atoms with Gasteiger partial charge in [-0.05, 0) is 12.1 Å². The minimum absolute atomic E-state index is 0.0691. The van der Waals surface area contributed by atoms with Crippen molar-refractivity contribution in [3.8, 4) is 0 Å². The summed E-state index contributed by atoms with van der Waals surface area (Å²) in [4.78, 5) is 0. The third-order valence-corrected chi connectivity index (χ3v) is 3.60. The van der Waals surface area contributed by atoms with Gasteiger partial charge in [0.25, 0.3) is 0 Å². The van der Waals surface area contributed by atoms with Crippen molar-refractivity contribution in [2.45, 2.75) is 30.5 Å². The number of aromatic nitrogens is 2. The molecule has 1 aromatic carbocycles. The molecule has 124 valence electrons. The number of hydrogen-bond donors (Lipinski definition) is 5. The van der Waals surface area contributed by atoms with Crippen LogP contribution in [-0.2, 0) is 4.74 Å². The number of hydrogen-bond acceptors (Lipinski definition) is 9. The first-order valence-electron chi connectivity index (χ1n) is 7.06. The standard InChI is InChI=1S/C14H17N3O6/c18-6-8-9(19)10(20)11(21)12(22-8)13-16-17-14(23-13)15-7-4-2-1-3-5-7/h1-5,8-12,18-21H,6H2,(H,15,17)/t8-,9-,10+,11-,12-/m1/s1. The lowest BCUT2D eigenvalue weighted by Crippen LogP contribution is -2.55. The van der Waals surface area contributed by atoms with Gasteiger partial charge in [-0.25, -0.2) is 0 Å². The molecule has 1 saturated heterocycles. The zero-order valence-corrected chi connectivity index (χ0v) is 12.0. The number of anilines is 2. The van der Waals surface area contributed by atoms with Crippen molar-refractivity contribution in [3.05, 3.63) is 36.2 Å². The van der Waals surface area contributed by atoms with Crippen LogP contribution in [0, 0.1) is 0 Å². The minimum Gasteiger partial charge on any atom is -0.405 e. The fourth-order valence-electron chi connectivity index (χ4n) is 2.35. The highest BCUT2D eigenvalue weighted by atomic mass is 16.6. The molecule has 9 nitrogen and oxygen atoms in total. The fourth-order valence-corrected chi connectivity index (χ4v) is 2.35. The second-order valence-corrected chi connectivity index (χ2v) is 5.19. The lowest BCUT2D eigenvalue weighted by Gasteiger charge is -2.38. The van der Waals surface area contributed by atoms with E-state index in [4.69, 9.17) is 9.15 Å². The van der Waals surface area contributed by atoms with E-state index in [1.165, 1.54) is 0 Å². The number of ether oxygens (including phenoxy) is 1. The van der Waals surface area contributed by atoms with Crippen LogP contribution in [0.1, 0.15) is 12.0 Å². The highest BCUT2D eigenvalue weighted by Gasteiger charge is 2.46. The van der Waals surface area contributed by atoms with Crippen LogP contribution in [0.5, 0.6) is 0 Å². The van der Waals surface area contributed by atoms with Crippen LogP contribution in [0.15, 0.2) is 34.7 Å². The van der Waals surface area contributed by atoms with Crippen LogP contribution in [0.25, 0.3) is 0 Å². The van der Waals surface area contributed by atoms with E-state index in [1.807, 2.05) is 18.2 Å². The molecule has 1 fully saturated rings. The fraction of sp³-hybridized carbons (Fsp3) is 0.429. The quantitative estimate of drug-likeness (QED) is 0.495. The van der Waals surface area contributed by atoms with Gasteiger partial charge in [0.1, 0.15) is 24.4 Å². The molecule has 1 aromatic heterocycles. The predicted molar refractivity (Wildman–Crippen MR) is 76.7 cm³/mol. The number of nitrogens with zero attached hydrogens (tertiary/aromatic N) is 2. The monoisotopic (exact) mass is 323 g/mol. The Morgan fingerprint density at radius 1 is 1.00 bits per heavy atom. The Hall–Kier alpha value is -2.04. The molecule has 0 bridgehead atoms. The van der Waals surface area contributed by atoms with Gasteiger partial charge in [-0.2, -0.15) is 0 Å². The summed E-state index contributed by atoms with van der Waals surface area (Å²) in [6, 6.07) is 9.21. The van der Waals surface area contributed by atoms with Crippen molar-refractivity contribution in [2.75, 3.05) is 11.9 Å². The van der Waals surface area contributed by atoms with Crippen molar-refractivity contribution in [1.29, 1.82) is 0 Å². The van der Waals surface area contributed by atoms with E-state index in [9.17, 15) is 20.4 Å². The second kappa shape index (κ2) is 6.60. The average molecular weight is 323 g/mol. The van der Waals surface area contributed by atoms with Gasteiger partial charge < -0.3 is 34.9 Å². The van der Waals surface area contributed by atoms with E-state index in [0.29, 0.717) is 0 Å². The van der Waals surface area contributed by atoms with Gasteiger partial charge in [0.2, 0.25) is 5.89 Å². The zero-order valence-electron chi connectivity index (χ0n) is 12.0. The molecule has 0 unspecified atom stereocenters. The molecule has 5 N–H and O–H groups in total. The van der Waals surface area contributed by atoms with Gasteiger partial charge in [-0.3, -0.25) is 0 Å². The van der Waals surface area contributed by atoms with Crippen LogP contribution in [-0.4, -0.2) is 61.6 Å². The maximum Gasteiger partial charge on any atom is 0.320 e. The first-order valence-corrected chi connectivity index (χ1v) is 7.06. The molecular weight excluding hydrogens is 306 g/mol. The first kappa shape index (κ1) is 15.8. The molecular formula is C14H17N3O6. The molecule has 0 spiro atoms. The van der Waals surface area contributed by atoms with Gasteiger partial charge in [-0.15, -0.1) is 5.10 Å². The van der Waals surface area contributed by atoms with Crippen molar-refractivity contribution >= 4 is 11.7 Å². The zero-order chi connectivity index (χ0) is 16.4. The van der Waals surface area contributed by atoms with Crippen LogP contribution < -0.4 is 5.32 Å². The van der Waals surface area contributed by atoms with Gasteiger partial charge in [0.15, 0.2) is 6.10 Å². The number of nitrogens with one attached hydrogen (secondary N) is 1. The van der Waals surface area contributed by atoms with E-state index in [2.05, 4.69) is 15.5 Å². The van der Waals surface area contributed by atoms with E-state index >= 15 is 0 Å². The van der Waals surface area contributed by atoms with Crippen LogP contribution >= 0.6 is 0 Å². The lowest BCUT2D eigenvalue weighted by atomic mass is 9.95. The summed E-state index contributed by atoms with van der Waals surface area (Å²) < 4.78 is 10.7. The second-order valence-electron chi connectivity index (χ2n) is 5.19. The normalized spacial score (nSPS) is 31.0. The third-order valence-electron chi connectivity index (χ3n) is 3.60. The SMILES string of the molecule is OC[C@H]1O[C@@H](c2nnc(Nc3ccccc3)o2)[C@H](O)[C@@H](O)[C@@H]1O. The maximum absolute atomic E-state index is 10.0. The molecule has 23 heavy (non-hydrogen) atoms. The summed E-state index contributed by atoms with van der Waals surface area (Å²) >= 11 is 0. The Balaban J connectivity index is 1.76. The highest BCUT2D eigenvalue weighted by molar-refractivity contribution is 5.50. The Bertz CT molecular complexity index is 634. The highest BCUT2D eigenvalue weighted by Crippen LogP contribution is 2.32. The van der Waals surface area contributed by atoms with Gasteiger partial charge in [0, 0.05) is 5.69 Å². The summed E-state index contributed by atoms with van der Waals surface area (Å²) in [5.74, 6) is -0.0691. The Morgan fingerprint density at radius 3 is 2.43 bits per heavy atom. The van der Waals surface area contributed by atoms with Crippen molar-refractivity contribution in [3.63, 3.8) is 0 Å². The lowest BCUT2D eigenvalue weighted by molar-refractivity contribution is -0.236. The van der Waals surface area contributed by atoms with Crippen LogP contribution in [0.4, 0.5) is 11.7 Å². The van der Waals surface area contributed by atoms with Crippen molar-refractivity contribution in [1.82, 2.24) is 10.2 Å². The summed E-state index contributed by atoms with van der Waals surface area (Å²) in [6.45, 7) is -0.523. The molecule has 1 aliphatic heterocycles. The Morgan fingerprint density at radius 2 is 1.74 bits per heavy atom. The number of aliphatic hydroxyl groups excluding tert-OH is 4. The first-order chi connectivity index (χ1) is 11.1. The molecule has 0 saturated carbocycles.